The van der Waals surface area contributed by atoms with E-state index in [9.17, 15) is 0 Å². The summed E-state index contributed by atoms with van der Waals surface area (Å²) in [6.45, 7) is 2.06. The van der Waals surface area contributed by atoms with Crippen LogP contribution in [0.1, 0.15) is 11.1 Å². The molecule has 0 aliphatic heterocycles. The molecule has 3 rings (SSSR count). The standard InChI is InChI=1S/C16H12BrN3/c1-10-3-5-12(13(17)7-10)16-19-14-8-11(9-18)4-6-15(14)20(16)2/h3-8H,1-2H3. The molecule has 2 aromatic carbocycles. The van der Waals surface area contributed by atoms with Crippen LogP contribution < -0.4 is 0 Å². The molecule has 0 atom stereocenters. The van der Waals surface area contributed by atoms with E-state index in [1.54, 1.807) is 0 Å². The lowest BCUT2D eigenvalue weighted by atomic mass is 10.1. The zero-order valence-electron chi connectivity index (χ0n) is 11.2. The minimum atomic E-state index is 0.630. The van der Waals surface area contributed by atoms with Gasteiger partial charge in [0.1, 0.15) is 5.82 Å². The number of nitriles is 1. The van der Waals surface area contributed by atoms with Gasteiger partial charge in [-0.25, -0.2) is 4.98 Å². The molecule has 1 heterocycles. The molecule has 0 aliphatic rings. The molecule has 0 unspecified atom stereocenters. The topological polar surface area (TPSA) is 41.6 Å². The second kappa shape index (κ2) is 4.77. The van der Waals surface area contributed by atoms with Gasteiger partial charge in [-0.05, 0) is 42.8 Å². The maximum absolute atomic E-state index is 8.97. The van der Waals surface area contributed by atoms with Gasteiger partial charge >= 0.3 is 0 Å². The molecule has 0 saturated carbocycles. The van der Waals surface area contributed by atoms with E-state index >= 15 is 0 Å². The van der Waals surface area contributed by atoms with Gasteiger partial charge in [0.2, 0.25) is 0 Å². The van der Waals surface area contributed by atoms with Crippen molar-refractivity contribution in [3.63, 3.8) is 0 Å². The van der Waals surface area contributed by atoms with Crippen LogP contribution in [0.15, 0.2) is 40.9 Å². The number of benzene rings is 2. The van der Waals surface area contributed by atoms with Crippen LogP contribution in [0.3, 0.4) is 0 Å². The molecule has 0 aliphatic carbocycles. The van der Waals surface area contributed by atoms with Crippen LogP contribution in [-0.4, -0.2) is 9.55 Å². The zero-order valence-corrected chi connectivity index (χ0v) is 12.8. The first-order valence-corrected chi connectivity index (χ1v) is 7.02. The Morgan fingerprint density at radius 3 is 2.70 bits per heavy atom. The molecule has 0 amide bonds. The Morgan fingerprint density at radius 1 is 1.20 bits per heavy atom. The van der Waals surface area contributed by atoms with Gasteiger partial charge in [0.15, 0.2) is 0 Å². The Morgan fingerprint density at radius 2 is 2.00 bits per heavy atom. The minimum absolute atomic E-state index is 0.630. The van der Waals surface area contributed by atoms with Gasteiger partial charge in [-0.2, -0.15) is 5.26 Å². The SMILES string of the molecule is Cc1ccc(-c2nc3cc(C#N)ccc3n2C)c(Br)c1. The monoisotopic (exact) mass is 325 g/mol. The number of imidazole rings is 1. The van der Waals surface area contributed by atoms with E-state index in [1.807, 2.05) is 29.8 Å². The number of nitrogens with zero attached hydrogens (tertiary/aromatic N) is 3. The van der Waals surface area contributed by atoms with Crippen LogP contribution in [-0.2, 0) is 7.05 Å². The van der Waals surface area contributed by atoms with Crippen molar-refractivity contribution in [2.24, 2.45) is 7.05 Å². The molecule has 1 aromatic heterocycles. The third-order valence-electron chi connectivity index (χ3n) is 3.38. The fourth-order valence-electron chi connectivity index (χ4n) is 2.31. The van der Waals surface area contributed by atoms with Crippen molar-refractivity contribution < 1.29 is 0 Å². The normalized spacial score (nSPS) is 10.7. The molecule has 0 N–H and O–H groups in total. The lowest BCUT2D eigenvalue weighted by Crippen LogP contribution is -1.93. The van der Waals surface area contributed by atoms with Crippen LogP contribution >= 0.6 is 15.9 Å². The molecular formula is C16H12BrN3. The van der Waals surface area contributed by atoms with Gasteiger partial charge in [-0.15, -0.1) is 0 Å². The summed E-state index contributed by atoms with van der Waals surface area (Å²) in [5.41, 5.74) is 4.74. The number of hydrogen-bond donors (Lipinski definition) is 0. The van der Waals surface area contributed by atoms with Crippen LogP contribution in [0.25, 0.3) is 22.4 Å². The van der Waals surface area contributed by atoms with E-state index in [2.05, 4.69) is 52.1 Å². The third kappa shape index (κ3) is 2.00. The molecule has 0 spiro atoms. The molecule has 4 heteroatoms. The number of fused-ring (bicyclic) bond motifs is 1. The quantitative estimate of drug-likeness (QED) is 0.673. The van der Waals surface area contributed by atoms with Gasteiger partial charge < -0.3 is 4.57 Å². The summed E-state index contributed by atoms with van der Waals surface area (Å²) in [7, 11) is 1.99. The summed E-state index contributed by atoms with van der Waals surface area (Å²) in [4.78, 5) is 4.66. The average Bonchev–Trinajstić information content (AvgIpc) is 2.75. The van der Waals surface area contributed by atoms with E-state index in [-0.39, 0.29) is 0 Å². The zero-order chi connectivity index (χ0) is 14.3. The van der Waals surface area contributed by atoms with E-state index in [0.717, 1.165) is 26.9 Å². The Labute approximate surface area is 125 Å². The Balaban J connectivity index is 2.26. The lowest BCUT2D eigenvalue weighted by molar-refractivity contribution is 0.958. The second-order valence-corrected chi connectivity index (χ2v) is 5.65. The van der Waals surface area contributed by atoms with Crippen molar-refractivity contribution >= 4 is 27.0 Å². The Hall–Kier alpha value is -2.12. The molecule has 0 bridgehead atoms. The van der Waals surface area contributed by atoms with E-state index in [4.69, 9.17) is 5.26 Å². The fraction of sp³-hybridized carbons (Fsp3) is 0.125. The fourth-order valence-corrected chi connectivity index (χ4v) is 2.98. The van der Waals surface area contributed by atoms with Crippen LogP contribution in [0, 0.1) is 18.3 Å². The molecule has 3 aromatic rings. The molecule has 3 nitrogen and oxygen atoms in total. The molecular weight excluding hydrogens is 314 g/mol. The highest BCUT2D eigenvalue weighted by Crippen LogP contribution is 2.30. The first kappa shape index (κ1) is 12.9. The van der Waals surface area contributed by atoms with Gasteiger partial charge in [0.25, 0.3) is 0 Å². The predicted octanol–water partition coefficient (Wildman–Crippen LogP) is 4.18. The summed E-state index contributed by atoms with van der Waals surface area (Å²) in [5.74, 6) is 0.891. The van der Waals surface area contributed by atoms with Gasteiger partial charge in [0, 0.05) is 17.1 Å². The summed E-state index contributed by atoms with van der Waals surface area (Å²) in [6.07, 6.45) is 0. The number of hydrogen-bond acceptors (Lipinski definition) is 2. The number of halogens is 1. The van der Waals surface area contributed by atoms with Crippen molar-refractivity contribution in [3.05, 3.63) is 52.0 Å². The highest BCUT2D eigenvalue weighted by Gasteiger charge is 2.12. The van der Waals surface area contributed by atoms with Gasteiger partial charge in [0.05, 0.1) is 22.7 Å². The van der Waals surface area contributed by atoms with Gasteiger partial charge in [-0.1, -0.05) is 22.0 Å². The second-order valence-electron chi connectivity index (χ2n) is 4.79. The maximum atomic E-state index is 8.97. The highest BCUT2D eigenvalue weighted by molar-refractivity contribution is 9.10. The molecule has 0 fully saturated rings. The van der Waals surface area contributed by atoms with Gasteiger partial charge in [-0.3, -0.25) is 0 Å². The molecule has 0 radical (unpaired) electrons. The largest absolute Gasteiger partial charge is 0.327 e. The van der Waals surface area contributed by atoms with Crippen LogP contribution in [0.4, 0.5) is 0 Å². The highest BCUT2D eigenvalue weighted by atomic mass is 79.9. The number of aryl methyl sites for hydroxylation is 2. The molecule has 0 saturated heterocycles. The lowest BCUT2D eigenvalue weighted by Gasteiger charge is -2.06. The summed E-state index contributed by atoms with van der Waals surface area (Å²) in [6, 6.07) is 13.9. The summed E-state index contributed by atoms with van der Waals surface area (Å²) < 4.78 is 3.07. The molecule has 98 valence electrons. The van der Waals surface area contributed by atoms with Crippen molar-refractivity contribution in [2.45, 2.75) is 6.92 Å². The summed E-state index contributed by atoms with van der Waals surface area (Å²) in [5, 5.41) is 8.97. The predicted molar refractivity (Wildman–Crippen MR) is 83.3 cm³/mol. The maximum Gasteiger partial charge on any atom is 0.142 e. The van der Waals surface area contributed by atoms with Crippen molar-refractivity contribution in [2.75, 3.05) is 0 Å². The molecule has 20 heavy (non-hydrogen) atoms. The number of aromatic nitrogens is 2. The number of rotatable bonds is 1. The summed E-state index contributed by atoms with van der Waals surface area (Å²) >= 11 is 3.60. The van der Waals surface area contributed by atoms with Crippen molar-refractivity contribution in [1.29, 1.82) is 5.26 Å². The van der Waals surface area contributed by atoms with E-state index < -0.39 is 0 Å². The van der Waals surface area contributed by atoms with Crippen molar-refractivity contribution in [1.82, 2.24) is 9.55 Å². The smallest absolute Gasteiger partial charge is 0.142 e. The van der Waals surface area contributed by atoms with Crippen LogP contribution in [0.2, 0.25) is 0 Å². The minimum Gasteiger partial charge on any atom is -0.327 e. The van der Waals surface area contributed by atoms with E-state index in [1.165, 1.54) is 5.56 Å². The first-order valence-electron chi connectivity index (χ1n) is 6.23. The van der Waals surface area contributed by atoms with Crippen LogP contribution in [0.5, 0.6) is 0 Å². The first-order chi connectivity index (χ1) is 9.60. The Kier molecular flexibility index (Phi) is 3.07. The van der Waals surface area contributed by atoms with E-state index in [0.29, 0.717) is 5.56 Å². The average molecular weight is 326 g/mol. The Bertz CT molecular complexity index is 856. The van der Waals surface area contributed by atoms with Crippen molar-refractivity contribution in [3.8, 4) is 17.5 Å². The third-order valence-corrected chi connectivity index (χ3v) is 4.03.